The second kappa shape index (κ2) is 5.31. The number of hydrogen-bond donors (Lipinski definition) is 2. The van der Waals surface area contributed by atoms with E-state index in [4.69, 9.17) is 5.73 Å². The molecule has 0 fully saturated rings. The van der Waals surface area contributed by atoms with Gasteiger partial charge >= 0.3 is 0 Å². The van der Waals surface area contributed by atoms with E-state index >= 15 is 0 Å². The topological polar surface area (TPSA) is 68.0 Å². The van der Waals surface area contributed by atoms with Crippen molar-refractivity contribution in [2.45, 2.75) is 0 Å². The summed E-state index contributed by atoms with van der Waals surface area (Å²) >= 11 is 3.15. The summed E-state index contributed by atoms with van der Waals surface area (Å²) in [6, 6.07) is 5.00. The highest BCUT2D eigenvalue weighted by atomic mass is 79.9. The molecule has 4 nitrogen and oxygen atoms in total. The van der Waals surface area contributed by atoms with Crippen LogP contribution in [0.3, 0.4) is 0 Å². The number of pyridine rings is 1. The molecule has 0 unspecified atom stereocenters. The Morgan fingerprint density at radius 1 is 1.32 bits per heavy atom. The number of nitrogens with two attached hydrogens (primary N) is 1. The first-order valence-corrected chi connectivity index (χ1v) is 5.94. The summed E-state index contributed by atoms with van der Waals surface area (Å²) in [5.41, 5.74) is 5.28. The number of anilines is 2. The van der Waals surface area contributed by atoms with Gasteiger partial charge in [0, 0.05) is 4.47 Å². The molecule has 2 aromatic rings. The van der Waals surface area contributed by atoms with Crippen LogP contribution in [0.1, 0.15) is 10.4 Å². The van der Waals surface area contributed by atoms with Gasteiger partial charge in [-0.15, -0.1) is 0 Å². The number of amides is 1. The zero-order valence-corrected chi connectivity index (χ0v) is 11.0. The Kier molecular flexibility index (Phi) is 3.75. The van der Waals surface area contributed by atoms with Gasteiger partial charge in [0.05, 0.1) is 17.4 Å². The number of nitrogens with one attached hydrogen (secondary N) is 1. The highest BCUT2D eigenvalue weighted by Crippen LogP contribution is 2.21. The van der Waals surface area contributed by atoms with Gasteiger partial charge in [-0.2, -0.15) is 0 Å². The third-order valence-electron chi connectivity index (χ3n) is 2.31. The summed E-state index contributed by atoms with van der Waals surface area (Å²) in [5.74, 6) is -2.18. The second-order valence-electron chi connectivity index (χ2n) is 3.66. The number of rotatable bonds is 2. The molecule has 0 saturated heterocycles. The van der Waals surface area contributed by atoms with E-state index in [2.05, 4.69) is 26.2 Å². The van der Waals surface area contributed by atoms with Crippen LogP contribution in [-0.2, 0) is 0 Å². The van der Waals surface area contributed by atoms with E-state index in [1.165, 1.54) is 18.2 Å². The Morgan fingerprint density at radius 3 is 2.79 bits per heavy atom. The number of nitrogens with zero attached hydrogens (tertiary/aromatic N) is 1. The van der Waals surface area contributed by atoms with E-state index in [0.717, 1.165) is 12.3 Å². The lowest BCUT2D eigenvalue weighted by molar-refractivity contribution is 0.102. The minimum atomic E-state index is -0.735. The van der Waals surface area contributed by atoms with Crippen molar-refractivity contribution >= 4 is 33.3 Å². The van der Waals surface area contributed by atoms with E-state index in [1.54, 1.807) is 0 Å². The van der Waals surface area contributed by atoms with Crippen LogP contribution in [0.15, 0.2) is 34.9 Å². The monoisotopic (exact) mass is 327 g/mol. The van der Waals surface area contributed by atoms with Crippen LogP contribution in [0.4, 0.5) is 20.3 Å². The fourth-order valence-corrected chi connectivity index (χ4v) is 1.78. The molecule has 0 spiro atoms. The average Bonchev–Trinajstić information content (AvgIpc) is 2.36. The Bertz CT molecular complexity index is 649. The average molecular weight is 328 g/mol. The Morgan fingerprint density at radius 2 is 2.05 bits per heavy atom. The standard InChI is InChI=1S/C12H8BrF2N3O/c13-6-1-2-9(15)10(3-6)18-12(19)8-4-7(14)5-17-11(8)16/h1-5H,(H2,16,17)(H,18,19). The van der Waals surface area contributed by atoms with E-state index < -0.39 is 17.5 Å². The van der Waals surface area contributed by atoms with E-state index in [-0.39, 0.29) is 17.1 Å². The quantitative estimate of drug-likeness (QED) is 0.891. The maximum atomic E-state index is 13.5. The van der Waals surface area contributed by atoms with Crippen LogP contribution in [0.2, 0.25) is 0 Å². The summed E-state index contributed by atoms with van der Waals surface area (Å²) in [5, 5.41) is 2.30. The van der Waals surface area contributed by atoms with Crippen molar-refractivity contribution in [3.05, 3.63) is 52.1 Å². The van der Waals surface area contributed by atoms with Crippen molar-refractivity contribution in [3.8, 4) is 0 Å². The van der Waals surface area contributed by atoms with Crippen molar-refractivity contribution in [2.75, 3.05) is 11.1 Å². The minimum absolute atomic E-state index is 0.0389. The molecule has 2 rings (SSSR count). The number of aromatic nitrogens is 1. The number of carbonyl (C=O) groups excluding carboxylic acids is 1. The fraction of sp³-hybridized carbons (Fsp3) is 0. The molecule has 1 amide bonds. The molecule has 1 aromatic heterocycles. The Labute approximate surface area is 115 Å². The highest BCUT2D eigenvalue weighted by molar-refractivity contribution is 9.10. The molecule has 0 radical (unpaired) electrons. The first kappa shape index (κ1) is 13.4. The molecule has 0 atom stereocenters. The van der Waals surface area contributed by atoms with Gasteiger partial charge in [-0.25, -0.2) is 13.8 Å². The number of carbonyl (C=O) groups is 1. The molecule has 98 valence electrons. The molecule has 0 aliphatic carbocycles. The number of nitrogen functional groups attached to an aromatic ring is 1. The van der Waals surface area contributed by atoms with Crippen molar-refractivity contribution in [1.29, 1.82) is 0 Å². The minimum Gasteiger partial charge on any atom is -0.383 e. The molecular weight excluding hydrogens is 320 g/mol. The molecule has 19 heavy (non-hydrogen) atoms. The van der Waals surface area contributed by atoms with Crippen molar-refractivity contribution in [3.63, 3.8) is 0 Å². The lowest BCUT2D eigenvalue weighted by Crippen LogP contribution is -2.16. The molecule has 0 bridgehead atoms. The SMILES string of the molecule is Nc1ncc(F)cc1C(=O)Nc1cc(Br)ccc1F. The molecular formula is C12H8BrF2N3O. The van der Waals surface area contributed by atoms with Crippen LogP contribution in [-0.4, -0.2) is 10.9 Å². The smallest absolute Gasteiger partial charge is 0.259 e. The largest absolute Gasteiger partial charge is 0.383 e. The number of benzene rings is 1. The van der Waals surface area contributed by atoms with Gasteiger partial charge in [0.2, 0.25) is 0 Å². The lowest BCUT2D eigenvalue weighted by atomic mass is 10.2. The molecule has 7 heteroatoms. The molecule has 0 aliphatic heterocycles. The molecule has 0 saturated carbocycles. The van der Waals surface area contributed by atoms with Crippen LogP contribution in [0.25, 0.3) is 0 Å². The van der Waals surface area contributed by atoms with Gasteiger partial charge in [-0.05, 0) is 24.3 Å². The Balaban J connectivity index is 2.30. The van der Waals surface area contributed by atoms with Gasteiger partial charge < -0.3 is 11.1 Å². The van der Waals surface area contributed by atoms with Gasteiger partial charge in [-0.3, -0.25) is 4.79 Å². The first-order chi connectivity index (χ1) is 8.97. The second-order valence-corrected chi connectivity index (χ2v) is 4.58. The normalized spacial score (nSPS) is 10.3. The van der Waals surface area contributed by atoms with Crippen molar-refractivity contribution in [1.82, 2.24) is 4.98 Å². The van der Waals surface area contributed by atoms with Gasteiger partial charge in [0.25, 0.3) is 5.91 Å². The summed E-state index contributed by atoms with van der Waals surface area (Å²) in [7, 11) is 0. The molecule has 1 aromatic carbocycles. The molecule has 3 N–H and O–H groups in total. The molecule has 1 heterocycles. The van der Waals surface area contributed by atoms with E-state index in [1.807, 2.05) is 0 Å². The summed E-state index contributed by atoms with van der Waals surface area (Å²) < 4.78 is 27.1. The first-order valence-electron chi connectivity index (χ1n) is 5.15. The van der Waals surface area contributed by atoms with Crippen molar-refractivity contribution < 1.29 is 13.6 Å². The zero-order chi connectivity index (χ0) is 14.0. The van der Waals surface area contributed by atoms with Crippen molar-refractivity contribution in [2.24, 2.45) is 0 Å². The van der Waals surface area contributed by atoms with Gasteiger partial charge in [0.1, 0.15) is 17.5 Å². The van der Waals surface area contributed by atoms with Gasteiger partial charge in [0.15, 0.2) is 0 Å². The predicted octanol–water partition coefficient (Wildman–Crippen LogP) is 2.96. The predicted molar refractivity (Wildman–Crippen MR) is 70.7 cm³/mol. The number of hydrogen-bond acceptors (Lipinski definition) is 3. The van der Waals surface area contributed by atoms with Crippen LogP contribution in [0, 0.1) is 11.6 Å². The maximum absolute atomic E-state index is 13.5. The zero-order valence-electron chi connectivity index (χ0n) is 9.45. The van der Waals surface area contributed by atoms with E-state index in [9.17, 15) is 13.6 Å². The van der Waals surface area contributed by atoms with Crippen LogP contribution in [0.5, 0.6) is 0 Å². The highest BCUT2D eigenvalue weighted by Gasteiger charge is 2.14. The fourth-order valence-electron chi connectivity index (χ4n) is 1.41. The molecule has 0 aliphatic rings. The van der Waals surface area contributed by atoms with Gasteiger partial charge in [-0.1, -0.05) is 15.9 Å². The Hall–Kier alpha value is -2.02. The third kappa shape index (κ3) is 3.05. The summed E-state index contributed by atoms with van der Waals surface area (Å²) in [6.45, 7) is 0. The van der Waals surface area contributed by atoms with Crippen LogP contribution < -0.4 is 11.1 Å². The van der Waals surface area contributed by atoms with Crippen LogP contribution >= 0.6 is 15.9 Å². The maximum Gasteiger partial charge on any atom is 0.259 e. The summed E-state index contributed by atoms with van der Waals surface area (Å²) in [4.78, 5) is 15.4. The lowest BCUT2D eigenvalue weighted by Gasteiger charge is -2.08. The summed E-state index contributed by atoms with van der Waals surface area (Å²) in [6.07, 6.45) is 0.895. The van der Waals surface area contributed by atoms with E-state index in [0.29, 0.717) is 4.47 Å². The number of halogens is 3. The third-order valence-corrected chi connectivity index (χ3v) is 2.80.